The molecule has 25 heavy (non-hydrogen) atoms. The lowest BCUT2D eigenvalue weighted by molar-refractivity contribution is -0.136. The van der Waals surface area contributed by atoms with E-state index < -0.39 is 11.7 Å². The largest absolute Gasteiger partial charge is 0.486 e. The minimum atomic E-state index is -4.41. The van der Waals surface area contributed by atoms with Crippen molar-refractivity contribution in [1.82, 2.24) is 5.32 Å². The van der Waals surface area contributed by atoms with Gasteiger partial charge in [0.25, 0.3) is 0 Å². The molecule has 0 aliphatic rings. The average molecular weight is 365 g/mol. The van der Waals surface area contributed by atoms with E-state index in [2.05, 4.69) is 5.32 Å². The summed E-state index contributed by atoms with van der Waals surface area (Å²) in [4.78, 5) is 0. The molecule has 3 aromatic rings. The second kappa shape index (κ2) is 7.45. The van der Waals surface area contributed by atoms with Crippen molar-refractivity contribution in [2.24, 2.45) is 0 Å². The van der Waals surface area contributed by atoms with E-state index in [9.17, 15) is 13.2 Å². The fourth-order valence-corrected chi connectivity index (χ4v) is 3.59. The van der Waals surface area contributed by atoms with E-state index in [0.29, 0.717) is 17.7 Å². The Kier molecular flexibility index (Phi) is 5.30. The van der Waals surface area contributed by atoms with Gasteiger partial charge in [-0.3, -0.25) is 0 Å². The molecule has 0 spiro atoms. The standard InChI is InChI=1S/C19H18F3NOS/c1-23-9-7-17(13-5-3-2-4-6-13)24-14-11-16(19(20,21)22)15-8-10-25-18(15)12-14/h2-6,8,10-12,17,23H,7,9H2,1H3/t17-/m1/s1. The molecule has 1 N–H and O–H groups in total. The monoisotopic (exact) mass is 365 g/mol. The molecule has 0 bridgehead atoms. The lowest BCUT2D eigenvalue weighted by Crippen LogP contribution is -2.16. The first-order valence-electron chi connectivity index (χ1n) is 7.93. The predicted molar refractivity (Wildman–Crippen MR) is 95.2 cm³/mol. The van der Waals surface area contributed by atoms with Gasteiger partial charge in [0, 0.05) is 16.5 Å². The van der Waals surface area contributed by atoms with Crippen molar-refractivity contribution >= 4 is 21.4 Å². The van der Waals surface area contributed by atoms with E-state index in [0.717, 1.165) is 11.6 Å². The van der Waals surface area contributed by atoms with Crippen LogP contribution in [0, 0.1) is 0 Å². The summed E-state index contributed by atoms with van der Waals surface area (Å²) < 4.78 is 46.7. The first kappa shape index (κ1) is 17.8. The van der Waals surface area contributed by atoms with Crippen LogP contribution >= 0.6 is 11.3 Å². The summed E-state index contributed by atoms with van der Waals surface area (Å²) in [6.07, 6.45) is -4.07. The molecule has 0 unspecified atom stereocenters. The SMILES string of the molecule is CNCC[C@@H](Oc1cc(C(F)(F)F)c2ccsc2c1)c1ccccc1. The molecule has 132 valence electrons. The van der Waals surface area contributed by atoms with Crippen molar-refractivity contribution in [3.8, 4) is 5.75 Å². The molecular formula is C19H18F3NOS. The third-order valence-corrected chi connectivity index (χ3v) is 4.82. The van der Waals surface area contributed by atoms with Gasteiger partial charge in [0.15, 0.2) is 0 Å². The molecule has 0 fully saturated rings. The highest BCUT2D eigenvalue weighted by atomic mass is 32.1. The van der Waals surface area contributed by atoms with Crippen LogP contribution in [-0.4, -0.2) is 13.6 Å². The maximum Gasteiger partial charge on any atom is 0.417 e. The fourth-order valence-electron chi connectivity index (χ4n) is 2.75. The summed E-state index contributed by atoms with van der Waals surface area (Å²) in [7, 11) is 1.83. The van der Waals surface area contributed by atoms with Gasteiger partial charge in [-0.2, -0.15) is 13.2 Å². The highest BCUT2D eigenvalue weighted by Gasteiger charge is 2.33. The van der Waals surface area contributed by atoms with Crippen LogP contribution in [-0.2, 0) is 6.18 Å². The number of hydrogen-bond acceptors (Lipinski definition) is 3. The van der Waals surface area contributed by atoms with E-state index in [1.54, 1.807) is 11.4 Å². The number of halogens is 3. The summed E-state index contributed by atoms with van der Waals surface area (Å²) in [6.45, 7) is 0.701. The van der Waals surface area contributed by atoms with Gasteiger partial charge in [0.1, 0.15) is 11.9 Å². The molecule has 6 heteroatoms. The van der Waals surface area contributed by atoms with Crippen LogP contribution in [0.3, 0.4) is 0 Å². The predicted octanol–water partition coefficient (Wildman–Crippen LogP) is 5.65. The summed E-state index contributed by atoms with van der Waals surface area (Å²) in [6, 6.07) is 13.8. The Labute approximate surface area is 148 Å². The van der Waals surface area contributed by atoms with Crippen LogP contribution in [0.4, 0.5) is 13.2 Å². The summed E-state index contributed by atoms with van der Waals surface area (Å²) in [5, 5.41) is 4.94. The first-order chi connectivity index (χ1) is 12.0. The van der Waals surface area contributed by atoms with E-state index in [4.69, 9.17) is 4.74 Å². The molecule has 0 amide bonds. The molecule has 1 aromatic heterocycles. The molecule has 0 saturated carbocycles. The maximum absolute atomic E-state index is 13.4. The third kappa shape index (κ3) is 4.14. The number of ether oxygens (including phenoxy) is 1. The molecule has 2 nitrogen and oxygen atoms in total. The Balaban J connectivity index is 1.96. The first-order valence-corrected chi connectivity index (χ1v) is 8.81. The fraction of sp³-hybridized carbons (Fsp3) is 0.263. The Morgan fingerprint density at radius 2 is 1.88 bits per heavy atom. The Hall–Kier alpha value is -2.05. The van der Waals surface area contributed by atoms with Crippen LogP contribution in [0.2, 0.25) is 0 Å². The number of rotatable bonds is 6. The number of benzene rings is 2. The lowest BCUT2D eigenvalue weighted by atomic mass is 10.1. The van der Waals surface area contributed by atoms with Crippen molar-refractivity contribution in [3.63, 3.8) is 0 Å². The molecule has 3 rings (SSSR count). The van der Waals surface area contributed by atoms with Crippen LogP contribution in [0.1, 0.15) is 23.7 Å². The van der Waals surface area contributed by atoms with Gasteiger partial charge in [-0.1, -0.05) is 30.3 Å². The van der Waals surface area contributed by atoms with Gasteiger partial charge < -0.3 is 10.1 Å². The van der Waals surface area contributed by atoms with Gasteiger partial charge in [-0.25, -0.2) is 0 Å². The average Bonchev–Trinajstić information content (AvgIpc) is 3.06. The zero-order chi connectivity index (χ0) is 17.9. The van der Waals surface area contributed by atoms with E-state index in [1.807, 2.05) is 37.4 Å². The smallest absolute Gasteiger partial charge is 0.417 e. The van der Waals surface area contributed by atoms with Gasteiger partial charge in [-0.15, -0.1) is 11.3 Å². The minimum absolute atomic E-state index is 0.219. The quantitative estimate of drug-likeness (QED) is 0.609. The highest BCUT2D eigenvalue weighted by molar-refractivity contribution is 7.17. The third-order valence-electron chi connectivity index (χ3n) is 3.96. The Bertz CT molecular complexity index is 830. The highest BCUT2D eigenvalue weighted by Crippen LogP contribution is 2.40. The molecule has 0 aliphatic carbocycles. The zero-order valence-corrected chi connectivity index (χ0v) is 14.5. The van der Waals surface area contributed by atoms with Crippen molar-refractivity contribution in [1.29, 1.82) is 0 Å². The topological polar surface area (TPSA) is 21.3 Å². The molecule has 0 saturated heterocycles. The lowest BCUT2D eigenvalue weighted by Gasteiger charge is -2.21. The van der Waals surface area contributed by atoms with Gasteiger partial charge in [-0.05, 0) is 42.7 Å². The molecule has 0 radical (unpaired) electrons. The summed E-state index contributed by atoms with van der Waals surface area (Å²) in [5.74, 6) is 0.243. The number of hydrogen-bond donors (Lipinski definition) is 1. The van der Waals surface area contributed by atoms with Crippen LogP contribution in [0.15, 0.2) is 53.9 Å². The number of nitrogens with one attached hydrogen (secondary N) is 1. The molecular weight excluding hydrogens is 347 g/mol. The second-order valence-electron chi connectivity index (χ2n) is 5.71. The molecule has 1 heterocycles. The minimum Gasteiger partial charge on any atom is -0.486 e. The van der Waals surface area contributed by atoms with Gasteiger partial charge in [0.05, 0.1) is 5.56 Å². The molecule has 1 atom stereocenters. The van der Waals surface area contributed by atoms with Gasteiger partial charge in [0.2, 0.25) is 0 Å². The zero-order valence-electron chi connectivity index (χ0n) is 13.6. The number of alkyl halides is 3. The Morgan fingerprint density at radius 1 is 1.12 bits per heavy atom. The second-order valence-corrected chi connectivity index (χ2v) is 6.66. The number of thiophene rings is 1. The Morgan fingerprint density at radius 3 is 2.56 bits per heavy atom. The van der Waals surface area contributed by atoms with Crippen LogP contribution in [0.5, 0.6) is 5.75 Å². The van der Waals surface area contributed by atoms with E-state index >= 15 is 0 Å². The molecule has 0 aliphatic heterocycles. The van der Waals surface area contributed by atoms with Crippen LogP contribution in [0.25, 0.3) is 10.1 Å². The van der Waals surface area contributed by atoms with Crippen molar-refractivity contribution in [2.75, 3.05) is 13.6 Å². The number of fused-ring (bicyclic) bond motifs is 1. The van der Waals surface area contributed by atoms with Crippen molar-refractivity contribution in [2.45, 2.75) is 18.7 Å². The molecule has 2 aromatic carbocycles. The maximum atomic E-state index is 13.4. The van der Waals surface area contributed by atoms with Gasteiger partial charge >= 0.3 is 6.18 Å². The van der Waals surface area contributed by atoms with Crippen molar-refractivity contribution in [3.05, 3.63) is 65.0 Å². The van der Waals surface area contributed by atoms with Crippen LogP contribution < -0.4 is 10.1 Å². The van der Waals surface area contributed by atoms with Crippen molar-refractivity contribution < 1.29 is 17.9 Å². The van der Waals surface area contributed by atoms with E-state index in [1.165, 1.54) is 17.4 Å². The summed E-state index contributed by atoms with van der Waals surface area (Å²) >= 11 is 1.28. The van der Waals surface area contributed by atoms with E-state index in [-0.39, 0.29) is 17.2 Å². The summed E-state index contributed by atoms with van der Waals surface area (Å²) in [5.41, 5.74) is 0.291. The normalized spacial score (nSPS) is 13.1.